The second kappa shape index (κ2) is 9.02. The van der Waals surface area contributed by atoms with Crippen molar-refractivity contribution in [2.24, 2.45) is 5.92 Å². The number of benzene rings is 1. The zero-order valence-electron chi connectivity index (χ0n) is 12.7. The SMILES string of the molecule is CCCOc1ccc(S(=O)(=O)NCC(CC)CCO)cc1. The lowest BCUT2D eigenvalue weighted by atomic mass is 10.0. The molecule has 0 aliphatic heterocycles. The molecule has 0 spiro atoms. The summed E-state index contributed by atoms with van der Waals surface area (Å²) in [5.41, 5.74) is 0. The molecule has 0 fully saturated rings. The minimum absolute atomic E-state index is 0.0731. The summed E-state index contributed by atoms with van der Waals surface area (Å²) >= 11 is 0. The van der Waals surface area contributed by atoms with E-state index in [1.807, 2.05) is 13.8 Å². The topological polar surface area (TPSA) is 75.6 Å². The largest absolute Gasteiger partial charge is 0.494 e. The molecule has 5 nitrogen and oxygen atoms in total. The summed E-state index contributed by atoms with van der Waals surface area (Å²) < 4.78 is 32.4. The maximum absolute atomic E-state index is 12.2. The quantitative estimate of drug-likeness (QED) is 0.694. The van der Waals surface area contributed by atoms with E-state index in [-0.39, 0.29) is 17.4 Å². The van der Waals surface area contributed by atoms with Crippen LogP contribution in [-0.2, 0) is 10.0 Å². The molecule has 0 amide bonds. The summed E-state index contributed by atoms with van der Waals surface area (Å²) in [7, 11) is -3.51. The van der Waals surface area contributed by atoms with Crippen molar-refractivity contribution >= 4 is 10.0 Å². The lowest BCUT2D eigenvalue weighted by Gasteiger charge is -2.14. The lowest BCUT2D eigenvalue weighted by molar-refractivity contribution is 0.254. The van der Waals surface area contributed by atoms with Gasteiger partial charge >= 0.3 is 0 Å². The minimum Gasteiger partial charge on any atom is -0.494 e. The molecule has 0 aliphatic carbocycles. The number of rotatable bonds is 10. The van der Waals surface area contributed by atoms with Crippen LogP contribution in [-0.4, -0.2) is 33.3 Å². The molecule has 0 aliphatic rings. The van der Waals surface area contributed by atoms with E-state index < -0.39 is 10.0 Å². The van der Waals surface area contributed by atoms with Gasteiger partial charge in [-0.3, -0.25) is 0 Å². The Morgan fingerprint density at radius 1 is 1.24 bits per heavy atom. The van der Waals surface area contributed by atoms with Crippen molar-refractivity contribution in [1.82, 2.24) is 4.72 Å². The number of aliphatic hydroxyl groups excluding tert-OH is 1. The molecule has 1 unspecified atom stereocenters. The van der Waals surface area contributed by atoms with Crippen molar-refractivity contribution in [3.63, 3.8) is 0 Å². The van der Waals surface area contributed by atoms with E-state index in [1.54, 1.807) is 24.3 Å². The van der Waals surface area contributed by atoms with Crippen LogP contribution < -0.4 is 9.46 Å². The van der Waals surface area contributed by atoms with Crippen LogP contribution in [0.25, 0.3) is 0 Å². The Kier molecular flexibility index (Phi) is 7.71. The first-order chi connectivity index (χ1) is 10.0. The second-order valence-electron chi connectivity index (χ2n) is 4.96. The molecule has 0 radical (unpaired) electrons. The summed E-state index contributed by atoms with van der Waals surface area (Å²) in [5, 5.41) is 8.92. The van der Waals surface area contributed by atoms with Crippen LogP contribution in [0.2, 0.25) is 0 Å². The molecule has 120 valence electrons. The van der Waals surface area contributed by atoms with Gasteiger partial charge in [0.25, 0.3) is 0 Å². The van der Waals surface area contributed by atoms with Gasteiger partial charge in [0, 0.05) is 13.2 Å². The summed E-state index contributed by atoms with van der Waals surface area (Å²) in [6, 6.07) is 6.41. The number of hydrogen-bond donors (Lipinski definition) is 2. The third kappa shape index (κ3) is 6.03. The number of ether oxygens (including phenoxy) is 1. The highest BCUT2D eigenvalue weighted by molar-refractivity contribution is 7.89. The molecule has 1 rings (SSSR count). The van der Waals surface area contributed by atoms with Gasteiger partial charge in [-0.1, -0.05) is 20.3 Å². The zero-order chi connectivity index (χ0) is 15.7. The highest BCUT2D eigenvalue weighted by Gasteiger charge is 2.16. The van der Waals surface area contributed by atoms with E-state index in [1.165, 1.54) is 0 Å². The van der Waals surface area contributed by atoms with E-state index in [0.29, 0.717) is 25.3 Å². The monoisotopic (exact) mass is 315 g/mol. The normalized spacial score (nSPS) is 13.1. The molecule has 0 saturated carbocycles. The number of aliphatic hydroxyl groups is 1. The first-order valence-corrected chi connectivity index (χ1v) is 8.85. The molecular formula is C15H25NO4S. The van der Waals surface area contributed by atoms with Crippen LogP contribution in [0.5, 0.6) is 5.75 Å². The molecule has 2 N–H and O–H groups in total. The molecule has 0 heterocycles. The molecule has 6 heteroatoms. The van der Waals surface area contributed by atoms with Crippen LogP contribution in [0.15, 0.2) is 29.2 Å². The van der Waals surface area contributed by atoms with Crippen LogP contribution in [0.1, 0.15) is 33.1 Å². The van der Waals surface area contributed by atoms with Crippen molar-refractivity contribution in [3.8, 4) is 5.75 Å². The van der Waals surface area contributed by atoms with Gasteiger partial charge in [-0.25, -0.2) is 13.1 Å². The van der Waals surface area contributed by atoms with E-state index in [2.05, 4.69) is 4.72 Å². The molecule has 1 aromatic carbocycles. The summed E-state index contributed by atoms with van der Waals surface area (Å²) in [6.45, 7) is 5.02. The number of sulfonamides is 1. The van der Waals surface area contributed by atoms with Crippen molar-refractivity contribution < 1.29 is 18.3 Å². The Bertz CT molecular complexity index is 499. The highest BCUT2D eigenvalue weighted by atomic mass is 32.2. The molecule has 1 atom stereocenters. The number of nitrogens with one attached hydrogen (secondary N) is 1. The Morgan fingerprint density at radius 2 is 1.90 bits per heavy atom. The molecule has 0 saturated heterocycles. The van der Waals surface area contributed by atoms with Gasteiger partial charge in [0.15, 0.2) is 0 Å². The van der Waals surface area contributed by atoms with Crippen LogP contribution >= 0.6 is 0 Å². The average molecular weight is 315 g/mol. The van der Waals surface area contributed by atoms with Gasteiger partial charge in [-0.05, 0) is 43.0 Å². The van der Waals surface area contributed by atoms with Gasteiger partial charge in [0.1, 0.15) is 5.75 Å². The first-order valence-electron chi connectivity index (χ1n) is 7.36. The fourth-order valence-electron chi connectivity index (χ4n) is 1.88. The van der Waals surface area contributed by atoms with Crippen molar-refractivity contribution in [2.75, 3.05) is 19.8 Å². The number of hydrogen-bond acceptors (Lipinski definition) is 4. The zero-order valence-corrected chi connectivity index (χ0v) is 13.5. The second-order valence-corrected chi connectivity index (χ2v) is 6.73. The van der Waals surface area contributed by atoms with Crippen molar-refractivity contribution in [2.45, 2.75) is 38.0 Å². The fourth-order valence-corrected chi connectivity index (χ4v) is 3.00. The summed E-state index contributed by atoms with van der Waals surface area (Å²) in [4.78, 5) is 0.227. The Morgan fingerprint density at radius 3 is 2.43 bits per heavy atom. The van der Waals surface area contributed by atoms with Gasteiger partial charge in [-0.2, -0.15) is 0 Å². The molecule has 0 bridgehead atoms. The third-order valence-electron chi connectivity index (χ3n) is 3.28. The van der Waals surface area contributed by atoms with E-state index in [0.717, 1.165) is 12.8 Å². The smallest absolute Gasteiger partial charge is 0.240 e. The Balaban J connectivity index is 2.65. The minimum atomic E-state index is -3.51. The van der Waals surface area contributed by atoms with Gasteiger partial charge in [0.2, 0.25) is 10.0 Å². The summed E-state index contributed by atoms with van der Waals surface area (Å²) in [6.07, 6.45) is 2.33. The van der Waals surface area contributed by atoms with Crippen molar-refractivity contribution in [3.05, 3.63) is 24.3 Å². The first kappa shape index (κ1) is 17.9. The maximum atomic E-state index is 12.2. The van der Waals surface area contributed by atoms with E-state index in [4.69, 9.17) is 9.84 Å². The highest BCUT2D eigenvalue weighted by Crippen LogP contribution is 2.16. The molecule has 1 aromatic rings. The molecule has 21 heavy (non-hydrogen) atoms. The van der Waals surface area contributed by atoms with Crippen LogP contribution in [0.4, 0.5) is 0 Å². The van der Waals surface area contributed by atoms with Gasteiger partial charge in [0.05, 0.1) is 11.5 Å². The summed E-state index contributed by atoms with van der Waals surface area (Å²) in [5.74, 6) is 0.819. The van der Waals surface area contributed by atoms with Crippen LogP contribution in [0, 0.1) is 5.92 Å². The van der Waals surface area contributed by atoms with E-state index in [9.17, 15) is 8.42 Å². The Labute approximate surface area is 127 Å². The Hall–Kier alpha value is -1.11. The van der Waals surface area contributed by atoms with Gasteiger partial charge < -0.3 is 9.84 Å². The van der Waals surface area contributed by atoms with Gasteiger partial charge in [-0.15, -0.1) is 0 Å². The maximum Gasteiger partial charge on any atom is 0.240 e. The predicted molar refractivity (Wildman–Crippen MR) is 82.9 cm³/mol. The average Bonchev–Trinajstić information content (AvgIpc) is 2.49. The third-order valence-corrected chi connectivity index (χ3v) is 4.72. The lowest BCUT2D eigenvalue weighted by Crippen LogP contribution is -2.29. The molecular weight excluding hydrogens is 290 g/mol. The van der Waals surface area contributed by atoms with E-state index >= 15 is 0 Å². The fraction of sp³-hybridized carbons (Fsp3) is 0.600. The van der Waals surface area contributed by atoms with Crippen molar-refractivity contribution in [1.29, 1.82) is 0 Å². The standard InChI is InChI=1S/C15H25NO4S/c1-3-11-20-14-5-7-15(8-6-14)21(18,19)16-12-13(4-2)9-10-17/h5-8,13,16-17H,3-4,9-12H2,1-2H3. The molecule has 0 aromatic heterocycles. The predicted octanol–water partition coefficient (Wildman–Crippen LogP) is 2.16. The van der Waals surface area contributed by atoms with Crippen LogP contribution in [0.3, 0.4) is 0 Å².